The van der Waals surface area contributed by atoms with Gasteiger partial charge in [0.1, 0.15) is 17.3 Å². The SMILES string of the molecule is COc1c(Cl)cc(Cl)cc1/C(O)=C1\C(=O)C(=O)N(CCCOC(C)C)C1c1ccccc1F. The molecular formula is C24H24Cl2FNO5. The maximum Gasteiger partial charge on any atom is 0.295 e. The van der Waals surface area contributed by atoms with Gasteiger partial charge in [-0.2, -0.15) is 0 Å². The molecule has 1 fully saturated rings. The molecule has 6 nitrogen and oxygen atoms in total. The summed E-state index contributed by atoms with van der Waals surface area (Å²) in [6, 6.07) is 7.43. The molecule has 2 aromatic carbocycles. The molecule has 0 saturated carbocycles. The van der Waals surface area contributed by atoms with E-state index in [2.05, 4.69) is 0 Å². The van der Waals surface area contributed by atoms with E-state index in [0.717, 1.165) is 0 Å². The Morgan fingerprint density at radius 1 is 1.21 bits per heavy atom. The molecule has 1 N–H and O–H groups in total. The smallest absolute Gasteiger partial charge is 0.295 e. The zero-order valence-corrected chi connectivity index (χ0v) is 19.9. The van der Waals surface area contributed by atoms with Crippen molar-refractivity contribution in [2.75, 3.05) is 20.3 Å². The molecule has 176 valence electrons. The lowest BCUT2D eigenvalue weighted by Crippen LogP contribution is -2.31. The van der Waals surface area contributed by atoms with Crippen molar-refractivity contribution in [1.29, 1.82) is 0 Å². The van der Waals surface area contributed by atoms with Crippen molar-refractivity contribution >= 4 is 40.7 Å². The first-order valence-corrected chi connectivity index (χ1v) is 11.1. The number of hydrogen-bond donors (Lipinski definition) is 1. The second-order valence-corrected chi connectivity index (χ2v) is 8.60. The minimum Gasteiger partial charge on any atom is -0.507 e. The highest BCUT2D eigenvalue weighted by Gasteiger charge is 2.47. The summed E-state index contributed by atoms with van der Waals surface area (Å²) in [6.45, 7) is 4.24. The third-order valence-electron chi connectivity index (χ3n) is 5.20. The van der Waals surface area contributed by atoms with E-state index in [4.69, 9.17) is 32.7 Å². The summed E-state index contributed by atoms with van der Waals surface area (Å²) < 4.78 is 25.6. The molecule has 1 unspecified atom stereocenters. The highest BCUT2D eigenvalue weighted by atomic mass is 35.5. The lowest BCUT2D eigenvalue weighted by atomic mass is 9.94. The molecule has 0 spiro atoms. The number of likely N-dealkylation sites (tertiary alicyclic amines) is 1. The number of carbonyl (C=O) groups excluding carboxylic acids is 2. The Balaban J connectivity index is 2.16. The van der Waals surface area contributed by atoms with Gasteiger partial charge in [-0.1, -0.05) is 41.4 Å². The van der Waals surface area contributed by atoms with Crippen LogP contribution in [0.2, 0.25) is 10.0 Å². The van der Waals surface area contributed by atoms with E-state index < -0.39 is 29.3 Å². The normalized spacial score (nSPS) is 17.8. The molecule has 0 aromatic heterocycles. The van der Waals surface area contributed by atoms with Gasteiger partial charge in [0.05, 0.1) is 35.4 Å². The highest BCUT2D eigenvalue weighted by molar-refractivity contribution is 6.46. The summed E-state index contributed by atoms with van der Waals surface area (Å²) in [5, 5.41) is 11.5. The molecule has 0 radical (unpaired) electrons. The van der Waals surface area contributed by atoms with Crippen LogP contribution in [0.15, 0.2) is 42.0 Å². The topological polar surface area (TPSA) is 76.1 Å². The van der Waals surface area contributed by atoms with E-state index in [1.165, 1.54) is 42.3 Å². The highest BCUT2D eigenvalue weighted by Crippen LogP contribution is 2.43. The van der Waals surface area contributed by atoms with Crippen molar-refractivity contribution in [2.45, 2.75) is 32.4 Å². The van der Waals surface area contributed by atoms with Crippen molar-refractivity contribution < 1.29 is 28.6 Å². The van der Waals surface area contributed by atoms with Gasteiger partial charge in [-0.05, 0) is 38.5 Å². The number of ether oxygens (including phenoxy) is 2. The number of halogens is 3. The molecule has 9 heteroatoms. The minimum absolute atomic E-state index is 0.00261. The predicted molar refractivity (Wildman–Crippen MR) is 124 cm³/mol. The van der Waals surface area contributed by atoms with E-state index in [0.29, 0.717) is 13.0 Å². The molecule has 1 amide bonds. The van der Waals surface area contributed by atoms with Gasteiger partial charge < -0.3 is 19.5 Å². The van der Waals surface area contributed by atoms with Crippen LogP contribution in [-0.2, 0) is 14.3 Å². The Hall–Kier alpha value is -2.61. The van der Waals surface area contributed by atoms with Crippen molar-refractivity contribution in [1.82, 2.24) is 4.90 Å². The zero-order valence-electron chi connectivity index (χ0n) is 18.4. The van der Waals surface area contributed by atoms with Crippen LogP contribution in [0.4, 0.5) is 4.39 Å². The van der Waals surface area contributed by atoms with E-state index in [9.17, 15) is 19.1 Å². The molecule has 1 atom stereocenters. The van der Waals surface area contributed by atoms with Crippen molar-refractivity contribution in [2.24, 2.45) is 0 Å². The summed E-state index contributed by atoms with van der Waals surface area (Å²) in [6.07, 6.45) is 0.422. The van der Waals surface area contributed by atoms with Crippen LogP contribution in [0.3, 0.4) is 0 Å². The zero-order chi connectivity index (χ0) is 24.3. The third kappa shape index (κ3) is 5.16. The lowest BCUT2D eigenvalue weighted by Gasteiger charge is -2.26. The maximum atomic E-state index is 14.8. The number of rotatable bonds is 8. The van der Waals surface area contributed by atoms with Crippen molar-refractivity contribution in [3.05, 3.63) is 69.0 Å². The van der Waals surface area contributed by atoms with Gasteiger partial charge in [-0.15, -0.1) is 0 Å². The number of methoxy groups -OCH3 is 1. The molecule has 2 aromatic rings. The molecular weight excluding hydrogens is 472 g/mol. The monoisotopic (exact) mass is 495 g/mol. The van der Waals surface area contributed by atoms with Crippen molar-refractivity contribution in [3.8, 4) is 5.75 Å². The number of hydrogen-bond acceptors (Lipinski definition) is 5. The number of Topliss-reactive ketones (excluding diaryl/α,β-unsaturated/α-hetero) is 1. The molecule has 33 heavy (non-hydrogen) atoms. The largest absolute Gasteiger partial charge is 0.507 e. The fraction of sp³-hybridized carbons (Fsp3) is 0.333. The number of benzene rings is 2. The first-order valence-electron chi connectivity index (χ1n) is 10.3. The number of nitrogens with zero attached hydrogens (tertiary/aromatic N) is 1. The van der Waals surface area contributed by atoms with E-state index >= 15 is 0 Å². The maximum absolute atomic E-state index is 14.8. The summed E-state index contributed by atoms with van der Waals surface area (Å²) in [4.78, 5) is 27.3. The first-order chi connectivity index (χ1) is 15.7. The molecule has 3 rings (SSSR count). The van der Waals surface area contributed by atoms with Gasteiger partial charge in [0, 0.05) is 23.7 Å². The Morgan fingerprint density at radius 2 is 1.91 bits per heavy atom. The number of amides is 1. The van der Waals surface area contributed by atoms with E-state index in [-0.39, 0.29) is 45.1 Å². The van der Waals surface area contributed by atoms with E-state index in [1.807, 2.05) is 13.8 Å². The van der Waals surface area contributed by atoms with Gasteiger partial charge >= 0.3 is 0 Å². The summed E-state index contributed by atoms with van der Waals surface area (Å²) in [5.74, 6) is -2.88. The number of ketones is 1. The van der Waals surface area contributed by atoms with Crippen LogP contribution >= 0.6 is 23.2 Å². The van der Waals surface area contributed by atoms with Gasteiger partial charge in [-0.25, -0.2) is 4.39 Å². The summed E-state index contributed by atoms with van der Waals surface area (Å²) in [5.41, 5.74) is -0.167. The third-order valence-corrected chi connectivity index (χ3v) is 5.70. The Bertz CT molecular complexity index is 1100. The standard InChI is InChI=1S/C24H24Cl2FNO5/c1-13(2)33-10-6-9-28-20(15-7-4-5-8-18(15)27)19(22(30)24(28)31)21(29)16-11-14(25)12-17(26)23(16)32-3/h4-5,7-8,11-13,20,29H,6,9-10H2,1-3H3/b21-19+. The molecule has 1 aliphatic heterocycles. The van der Waals surface area contributed by atoms with Gasteiger partial charge in [-0.3, -0.25) is 9.59 Å². The molecule has 1 aliphatic rings. The fourth-order valence-corrected chi connectivity index (χ4v) is 4.34. The number of aliphatic hydroxyl groups excluding tert-OH is 1. The molecule has 1 heterocycles. The Morgan fingerprint density at radius 3 is 2.55 bits per heavy atom. The van der Waals surface area contributed by atoms with Crippen LogP contribution in [0, 0.1) is 5.82 Å². The first kappa shape index (κ1) is 25.0. The average molecular weight is 496 g/mol. The van der Waals surface area contributed by atoms with E-state index in [1.54, 1.807) is 6.07 Å². The summed E-state index contributed by atoms with van der Waals surface area (Å²) in [7, 11) is 1.34. The average Bonchev–Trinajstić information content (AvgIpc) is 3.00. The Labute approximate surface area is 201 Å². The van der Waals surface area contributed by atoms with Crippen LogP contribution in [0.1, 0.15) is 37.4 Å². The molecule has 1 saturated heterocycles. The van der Waals surface area contributed by atoms with Gasteiger partial charge in [0.15, 0.2) is 0 Å². The molecule has 0 aliphatic carbocycles. The second-order valence-electron chi connectivity index (χ2n) is 7.76. The van der Waals surface area contributed by atoms with Crippen LogP contribution in [0.5, 0.6) is 5.75 Å². The number of carbonyl (C=O) groups is 2. The summed E-state index contributed by atoms with van der Waals surface area (Å²) >= 11 is 12.3. The van der Waals surface area contributed by atoms with Crippen molar-refractivity contribution in [3.63, 3.8) is 0 Å². The van der Waals surface area contributed by atoms with Crippen LogP contribution < -0.4 is 4.74 Å². The van der Waals surface area contributed by atoms with Crippen LogP contribution in [-0.4, -0.2) is 48.1 Å². The predicted octanol–water partition coefficient (Wildman–Crippen LogP) is 5.38. The van der Waals surface area contributed by atoms with Gasteiger partial charge in [0.25, 0.3) is 11.7 Å². The Kier molecular flexibility index (Phi) is 8.00. The number of aliphatic hydroxyl groups is 1. The van der Waals surface area contributed by atoms with Crippen LogP contribution in [0.25, 0.3) is 5.76 Å². The fourth-order valence-electron chi connectivity index (χ4n) is 3.77. The molecule has 0 bridgehead atoms. The second kappa shape index (κ2) is 10.5. The minimum atomic E-state index is -1.15. The lowest BCUT2D eigenvalue weighted by molar-refractivity contribution is -0.140. The quantitative estimate of drug-likeness (QED) is 0.230. The van der Waals surface area contributed by atoms with Gasteiger partial charge in [0.2, 0.25) is 0 Å².